The maximum atomic E-state index is 13.5. The molecule has 2 aromatic carbocycles. The molecule has 40 heavy (non-hydrogen) atoms. The van der Waals surface area contributed by atoms with Gasteiger partial charge in [0.2, 0.25) is 5.91 Å². The number of hydrogen-bond acceptors (Lipinski definition) is 6. The fourth-order valence-electron chi connectivity index (χ4n) is 5.33. The number of benzene rings is 2. The zero-order valence-electron chi connectivity index (χ0n) is 21.8. The third kappa shape index (κ3) is 4.66. The quantitative estimate of drug-likeness (QED) is 0.242. The molecule has 0 spiro atoms. The Bertz CT molecular complexity index is 1650. The van der Waals surface area contributed by atoms with Crippen LogP contribution in [0.25, 0.3) is 10.2 Å². The van der Waals surface area contributed by atoms with Crippen molar-refractivity contribution in [2.24, 2.45) is 0 Å². The SMILES string of the molecule is C=CC(=O)N[C@H]1CCC[C@H]1NC(=O)c1sc2nccc3c2c1NC(=O)N3c1ccc(Oc2ccccc2)cc1C. The lowest BCUT2D eigenvalue weighted by Gasteiger charge is -2.29. The Morgan fingerprint density at radius 2 is 1.85 bits per heavy atom. The van der Waals surface area contributed by atoms with Crippen LogP contribution in [0, 0.1) is 6.92 Å². The molecule has 9 nitrogen and oxygen atoms in total. The van der Waals surface area contributed by atoms with Crippen molar-refractivity contribution >= 4 is 56.5 Å². The zero-order valence-corrected chi connectivity index (χ0v) is 22.6. The van der Waals surface area contributed by atoms with Gasteiger partial charge in [-0.15, -0.1) is 11.3 Å². The fraction of sp³-hybridized carbons (Fsp3) is 0.200. The van der Waals surface area contributed by atoms with Gasteiger partial charge in [-0.3, -0.25) is 14.5 Å². The van der Waals surface area contributed by atoms with Gasteiger partial charge in [0.05, 0.1) is 22.4 Å². The van der Waals surface area contributed by atoms with Crippen LogP contribution in [-0.2, 0) is 4.79 Å². The molecule has 3 heterocycles. The number of aryl methyl sites for hydroxylation is 1. The number of nitrogens with one attached hydrogen (secondary N) is 3. The van der Waals surface area contributed by atoms with E-state index in [1.54, 1.807) is 17.2 Å². The van der Waals surface area contributed by atoms with Crippen molar-refractivity contribution in [1.29, 1.82) is 0 Å². The maximum Gasteiger partial charge on any atom is 0.331 e. The number of anilines is 3. The van der Waals surface area contributed by atoms with Crippen LogP contribution in [0.1, 0.15) is 34.5 Å². The number of thiophene rings is 1. The molecule has 0 saturated heterocycles. The van der Waals surface area contributed by atoms with E-state index in [0.717, 1.165) is 30.6 Å². The van der Waals surface area contributed by atoms with E-state index < -0.39 is 0 Å². The van der Waals surface area contributed by atoms with Crippen molar-refractivity contribution < 1.29 is 19.1 Å². The summed E-state index contributed by atoms with van der Waals surface area (Å²) < 4.78 is 5.96. The number of aromatic nitrogens is 1. The highest BCUT2D eigenvalue weighted by atomic mass is 32.1. The Labute approximate surface area is 234 Å². The van der Waals surface area contributed by atoms with Crippen molar-refractivity contribution in [3.8, 4) is 11.5 Å². The lowest BCUT2D eigenvalue weighted by atomic mass is 10.1. The van der Waals surface area contributed by atoms with Gasteiger partial charge in [0, 0.05) is 18.3 Å². The molecular weight excluding hydrogens is 526 g/mol. The Hall–Kier alpha value is -4.70. The highest BCUT2D eigenvalue weighted by molar-refractivity contribution is 7.21. The van der Waals surface area contributed by atoms with Gasteiger partial charge in [0.15, 0.2) is 0 Å². The molecule has 2 aromatic heterocycles. The summed E-state index contributed by atoms with van der Waals surface area (Å²) in [6.45, 7) is 5.43. The minimum absolute atomic E-state index is 0.171. The van der Waals surface area contributed by atoms with Gasteiger partial charge in [0.1, 0.15) is 21.2 Å². The van der Waals surface area contributed by atoms with Gasteiger partial charge in [-0.25, -0.2) is 9.78 Å². The minimum atomic E-state index is -0.371. The monoisotopic (exact) mass is 553 g/mol. The number of para-hydroxylation sites is 1. The molecule has 10 heteroatoms. The van der Waals surface area contributed by atoms with Crippen molar-refractivity contribution in [3.63, 3.8) is 0 Å². The van der Waals surface area contributed by atoms with Crippen LogP contribution in [0.2, 0.25) is 0 Å². The van der Waals surface area contributed by atoms with Crippen molar-refractivity contribution in [1.82, 2.24) is 15.6 Å². The number of urea groups is 1. The molecule has 1 aliphatic carbocycles. The Morgan fingerprint density at radius 1 is 1.07 bits per heavy atom. The number of carbonyl (C=O) groups excluding carboxylic acids is 3. The summed E-state index contributed by atoms with van der Waals surface area (Å²) in [6.07, 6.45) is 5.29. The van der Waals surface area contributed by atoms with E-state index in [9.17, 15) is 14.4 Å². The molecule has 0 bridgehead atoms. The summed E-state index contributed by atoms with van der Waals surface area (Å²) in [7, 11) is 0. The van der Waals surface area contributed by atoms with Gasteiger partial charge >= 0.3 is 6.03 Å². The van der Waals surface area contributed by atoms with Gasteiger partial charge in [-0.2, -0.15) is 0 Å². The first kappa shape index (κ1) is 25.6. The van der Waals surface area contributed by atoms with Crippen LogP contribution in [0.3, 0.4) is 0 Å². The first-order valence-corrected chi connectivity index (χ1v) is 13.8. The topological polar surface area (TPSA) is 113 Å². The molecule has 1 saturated carbocycles. The summed E-state index contributed by atoms with van der Waals surface area (Å²) in [4.78, 5) is 45.9. The van der Waals surface area contributed by atoms with Crippen LogP contribution < -0.4 is 25.6 Å². The minimum Gasteiger partial charge on any atom is -0.457 e. The van der Waals surface area contributed by atoms with Gasteiger partial charge in [-0.1, -0.05) is 24.8 Å². The molecule has 6 rings (SSSR count). The van der Waals surface area contributed by atoms with E-state index in [2.05, 4.69) is 27.5 Å². The number of amides is 4. The van der Waals surface area contributed by atoms with E-state index in [4.69, 9.17) is 4.74 Å². The fourth-order valence-corrected chi connectivity index (χ4v) is 6.35. The molecule has 2 aliphatic rings. The van der Waals surface area contributed by atoms with Crippen LogP contribution in [0.15, 0.2) is 73.4 Å². The average molecular weight is 554 g/mol. The van der Waals surface area contributed by atoms with Gasteiger partial charge in [-0.05, 0) is 74.2 Å². The van der Waals surface area contributed by atoms with E-state index in [0.29, 0.717) is 37.9 Å². The molecular formula is C30H27N5O4S. The Morgan fingerprint density at radius 3 is 2.60 bits per heavy atom. The van der Waals surface area contributed by atoms with Gasteiger partial charge in [0.25, 0.3) is 5.91 Å². The molecule has 0 unspecified atom stereocenters. The summed E-state index contributed by atoms with van der Waals surface area (Å²) in [5, 5.41) is 9.62. The number of pyridine rings is 1. The van der Waals surface area contributed by atoms with Crippen LogP contribution >= 0.6 is 11.3 Å². The van der Waals surface area contributed by atoms with E-state index in [1.807, 2.05) is 55.5 Å². The zero-order chi connectivity index (χ0) is 27.8. The number of hydrogen-bond donors (Lipinski definition) is 3. The average Bonchev–Trinajstić information content (AvgIpc) is 3.55. The Balaban J connectivity index is 1.30. The summed E-state index contributed by atoms with van der Waals surface area (Å²) in [6, 6.07) is 16.1. The molecule has 2 atom stereocenters. The van der Waals surface area contributed by atoms with Gasteiger partial charge < -0.3 is 20.7 Å². The maximum absolute atomic E-state index is 13.5. The smallest absolute Gasteiger partial charge is 0.331 e. The van der Waals surface area contributed by atoms with Crippen molar-refractivity contribution in [3.05, 3.63) is 83.9 Å². The summed E-state index contributed by atoms with van der Waals surface area (Å²) in [5.74, 6) is 0.816. The Kier molecular flexibility index (Phi) is 6.69. The highest BCUT2D eigenvalue weighted by Gasteiger charge is 2.35. The lowest BCUT2D eigenvalue weighted by molar-refractivity contribution is -0.117. The normalized spacial score (nSPS) is 17.8. The first-order valence-electron chi connectivity index (χ1n) is 13.0. The number of carbonyl (C=O) groups is 3. The molecule has 3 N–H and O–H groups in total. The highest BCUT2D eigenvalue weighted by Crippen LogP contribution is 2.46. The molecule has 202 valence electrons. The third-order valence-corrected chi connectivity index (χ3v) is 8.28. The second-order valence-corrected chi connectivity index (χ2v) is 10.8. The lowest BCUT2D eigenvalue weighted by Crippen LogP contribution is -2.48. The molecule has 4 amide bonds. The largest absolute Gasteiger partial charge is 0.457 e. The number of rotatable bonds is 7. The molecule has 4 aromatic rings. The van der Waals surface area contributed by atoms with E-state index >= 15 is 0 Å². The summed E-state index contributed by atoms with van der Waals surface area (Å²) >= 11 is 1.23. The molecule has 1 aliphatic heterocycles. The number of ether oxygens (including phenoxy) is 1. The third-order valence-electron chi connectivity index (χ3n) is 7.19. The van der Waals surface area contributed by atoms with Crippen LogP contribution in [0.4, 0.5) is 21.9 Å². The van der Waals surface area contributed by atoms with Crippen LogP contribution in [-0.4, -0.2) is 34.9 Å². The summed E-state index contributed by atoms with van der Waals surface area (Å²) in [5.41, 5.74) is 2.64. The molecule has 1 fully saturated rings. The second kappa shape index (κ2) is 10.5. The first-order chi connectivity index (χ1) is 19.4. The second-order valence-electron chi connectivity index (χ2n) is 9.78. The predicted molar refractivity (Wildman–Crippen MR) is 156 cm³/mol. The van der Waals surface area contributed by atoms with E-state index in [-0.39, 0.29) is 29.9 Å². The van der Waals surface area contributed by atoms with E-state index in [1.165, 1.54) is 17.4 Å². The standard InChI is InChI=1S/C30H27N5O4S/c1-3-24(36)32-20-10-7-11-21(20)33-28(37)27-26-25-23(14-15-31-29(25)40-27)35(30(38)34-26)22-13-12-19(16-17(22)2)39-18-8-5-4-6-9-18/h3-6,8-9,12-16,20-21H,1,7,10-11H2,2H3,(H,32,36)(H,33,37)(H,34,38)/t20-,21+/m0/s1. The van der Waals surface area contributed by atoms with Crippen molar-refractivity contribution in [2.45, 2.75) is 38.3 Å². The number of nitrogens with zero attached hydrogens (tertiary/aromatic N) is 2. The van der Waals surface area contributed by atoms with Crippen molar-refractivity contribution in [2.75, 3.05) is 10.2 Å². The predicted octanol–water partition coefficient (Wildman–Crippen LogP) is 6.03. The molecule has 0 radical (unpaired) electrons. The van der Waals surface area contributed by atoms with Crippen LogP contribution in [0.5, 0.6) is 11.5 Å².